The number of nitrogens with zero attached hydrogens (tertiary/aromatic N) is 2. The molecule has 0 bridgehead atoms. The van der Waals surface area contributed by atoms with Crippen molar-refractivity contribution in [3.8, 4) is 0 Å². The average molecular weight is 289 g/mol. The van der Waals surface area contributed by atoms with Crippen LogP contribution < -0.4 is 10.2 Å². The van der Waals surface area contributed by atoms with Crippen LogP contribution in [0.5, 0.6) is 0 Å². The number of anilines is 1. The minimum atomic E-state index is -0.0819. The Morgan fingerprint density at radius 1 is 1.43 bits per heavy atom. The van der Waals surface area contributed by atoms with Crippen LogP contribution in [-0.2, 0) is 0 Å². The standard InChI is InChI=1S/C17H27N3O/c1-4-13(3)19-17(21)16-10-9-15(12-18-16)20-11-7-6-8-14(20)5-2/h9-10,12-14H,4-8,11H2,1-3H3,(H,19,21). The van der Waals surface area contributed by atoms with Crippen molar-refractivity contribution >= 4 is 11.6 Å². The summed E-state index contributed by atoms with van der Waals surface area (Å²) in [6.07, 6.45) is 7.75. The number of carbonyl (C=O) groups is 1. The molecule has 1 fully saturated rings. The van der Waals surface area contributed by atoms with Crippen LogP contribution in [0.2, 0.25) is 0 Å². The third-order valence-electron chi connectivity index (χ3n) is 4.40. The van der Waals surface area contributed by atoms with Crippen molar-refractivity contribution in [1.82, 2.24) is 10.3 Å². The van der Waals surface area contributed by atoms with Gasteiger partial charge in [-0.3, -0.25) is 4.79 Å². The van der Waals surface area contributed by atoms with Crippen molar-refractivity contribution in [3.63, 3.8) is 0 Å². The lowest BCUT2D eigenvalue weighted by molar-refractivity contribution is 0.0934. The topological polar surface area (TPSA) is 45.2 Å². The molecule has 0 aromatic carbocycles. The van der Waals surface area contributed by atoms with Crippen molar-refractivity contribution in [2.24, 2.45) is 0 Å². The molecule has 21 heavy (non-hydrogen) atoms. The van der Waals surface area contributed by atoms with Crippen LogP contribution in [0, 0.1) is 0 Å². The normalized spacial score (nSPS) is 20.1. The second-order valence-corrected chi connectivity index (χ2v) is 5.94. The van der Waals surface area contributed by atoms with E-state index in [-0.39, 0.29) is 11.9 Å². The molecule has 4 nitrogen and oxygen atoms in total. The highest BCUT2D eigenvalue weighted by molar-refractivity contribution is 5.92. The number of hydrogen-bond acceptors (Lipinski definition) is 3. The van der Waals surface area contributed by atoms with E-state index in [1.54, 1.807) is 0 Å². The van der Waals surface area contributed by atoms with Gasteiger partial charge in [0, 0.05) is 18.6 Å². The van der Waals surface area contributed by atoms with Gasteiger partial charge in [0.1, 0.15) is 5.69 Å². The smallest absolute Gasteiger partial charge is 0.270 e. The first kappa shape index (κ1) is 15.8. The average Bonchev–Trinajstić information content (AvgIpc) is 2.54. The Morgan fingerprint density at radius 3 is 2.86 bits per heavy atom. The Bertz CT molecular complexity index is 458. The van der Waals surface area contributed by atoms with Gasteiger partial charge < -0.3 is 10.2 Å². The number of aromatic nitrogens is 1. The monoisotopic (exact) mass is 289 g/mol. The molecule has 0 spiro atoms. The molecule has 1 aliphatic heterocycles. The van der Waals surface area contributed by atoms with Gasteiger partial charge in [-0.25, -0.2) is 4.98 Å². The van der Waals surface area contributed by atoms with Gasteiger partial charge in [0.25, 0.3) is 5.91 Å². The molecule has 2 rings (SSSR count). The number of nitrogens with one attached hydrogen (secondary N) is 1. The summed E-state index contributed by atoms with van der Waals surface area (Å²) in [5.41, 5.74) is 1.64. The van der Waals surface area contributed by atoms with E-state index in [9.17, 15) is 4.79 Å². The van der Waals surface area contributed by atoms with Crippen molar-refractivity contribution in [3.05, 3.63) is 24.0 Å². The highest BCUT2D eigenvalue weighted by atomic mass is 16.1. The van der Waals surface area contributed by atoms with Crippen LogP contribution in [0.1, 0.15) is 63.4 Å². The second-order valence-electron chi connectivity index (χ2n) is 5.94. The third kappa shape index (κ3) is 3.96. The molecule has 2 atom stereocenters. The number of hydrogen-bond donors (Lipinski definition) is 1. The summed E-state index contributed by atoms with van der Waals surface area (Å²) in [5.74, 6) is -0.0819. The van der Waals surface area contributed by atoms with E-state index in [2.05, 4.69) is 29.0 Å². The Kier molecular flexibility index (Phi) is 5.59. The quantitative estimate of drug-likeness (QED) is 0.904. The SMILES string of the molecule is CCC(C)NC(=O)c1ccc(N2CCCCC2CC)cn1. The van der Waals surface area contributed by atoms with Crippen molar-refractivity contribution in [2.75, 3.05) is 11.4 Å². The largest absolute Gasteiger partial charge is 0.367 e. The zero-order valence-corrected chi connectivity index (χ0v) is 13.4. The minimum absolute atomic E-state index is 0.0819. The Labute approximate surface area is 127 Å². The fourth-order valence-electron chi connectivity index (χ4n) is 2.86. The van der Waals surface area contributed by atoms with Gasteiger partial charge in [-0.05, 0) is 51.2 Å². The zero-order chi connectivity index (χ0) is 15.2. The van der Waals surface area contributed by atoms with Crippen LogP contribution in [-0.4, -0.2) is 29.5 Å². The van der Waals surface area contributed by atoms with Crippen molar-refractivity contribution in [1.29, 1.82) is 0 Å². The zero-order valence-electron chi connectivity index (χ0n) is 13.4. The van der Waals surface area contributed by atoms with E-state index in [0.29, 0.717) is 11.7 Å². The van der Waals surface area contributed by atoms with Crippen LogP contribution in [0.15, 0.2) is 18.3 Å². The molecule has 1 N–H and O–H groups in total. The predicted molar refractivity (Wildman–Crippen MR) is 86.7 cm³/mol. The third-order valence-corrected chi connectivity index (χ3v) is 4.40. The van der Waals surface area contributed by atoms with Gasteiger partial charge in [-0.15, -0.1) is 0 Å². The minimum Gasteiger partial charge on any atom is -0.367 e. The van der Waals surface area contributed by atoms with Crippen LogP contribution >= 0.6 is 0 Å². The van der Waals surface area contributed by atoms with E-state index < -0.39 is 0 Å². The summed E-state index contributed by atoms with van der Waals surface area (Å²) < 4.78 is 0. The first-order chi connectivity index (χ1) is 10.2. The Hall–Kier alpha value is -1.58. The molecule has 2 heterocycles. The van der Waals surface area contributed by atoms with Gasteiger partial charge >= 0.3 is 0 Å². The first-order valence-electron chi connectivity index (χ1n) is 8.19. The molecule has 0 saturated carbocycles. The predicted octanol–water partition coefficient (Wildman–Crippen LogP) is 3.38. The number of amides is 1. The second kappa shape index (κ2) is 7.43. The first-order valence-corrected chi connectivity index (χ1v) is 8.19. The summed E-state index contributed by atoms with van der Waals surface area (Å²) >= 11 is 0. The molecule has 1 amide bonds. The Morgan fingerprint density at radius 2 is 2.24 bits per heavy atom. The molecule has 1 aliphatic rings. The number of carbonyl (C=O) groups excluding carboxylic acids is 1. The highest BCUT2D eigenvalue weighted by Crippen LogP contribution is 2.25. The van der Waals surface area contributed by atoms with Gasteiger partial charge in [0.15, 0.2) is 0 Å². The molecule has 2 unspecified atom stereocenters. The maximum atomic E-state index is 12.0. The summed E-state index contributed by atoms with van der Waals surface area (Å²) in [6, 6.07) is 4.67. The van der Waals surface area contributed by atoms with Crippen molar-refractivity contribution in [2.45, 2.75) is 65.0 Å². The lowest BCUT2D eigenvalue weighted by Gasteiger charge is -2.37. The summed E-state index contributed by atoms with van der Waals surface area (Å²) in [5, 5.41) is 2.95. The van der Waals surface area contributed by atoms with Gasteiger partial charge in [0.2, 0.25) is 0 Å². The van der Waals surface area contributed by atoms with E-state index in [0.717, 1.165) is 25.1 Å². The molecular weight excluding hydrogens is 262 g/mol. The van der Waals surface area contributed by atoms with Gasteiger partial charge in [-0.2, -0.15) is 0 Å². The molecular formula is C17H27N3O. The summed E-state index contributed by atoms with van der Waals surface area (Å²) in [7, 11) is 0. The number of piperidine rings is 1. The maximum Gasteiger partial charge on any atom is 0.270 e. The van der Waals surface area contributed by atoms with E-state index >= 15 is 0 Å². The fraction of sp³-hybridized carbons (Fsp3) is 0.647. The van der Waals surface area contributed by atoms with Gasteiger partial charge in [-0.1, -0.05) is 13.8 Å². The van der Waals surface area contributed by atoms with Crippen LogP contribution in [0.3, 0.4) is 0 Å². The molecule has 0 aliphatic carbocycles. The number of rotatable bonds is 5. The lowest BCUT2D eigenvalue weighted by atomic mass is 9.99. The summed E-state index contributed by atoms with van der Waals surface area (Å²) in [6.45, 7) is 7.40. The molecule has 4 heteroatoms. The van der Waals surface area contributed by atoms with E-state index in [1.807, 2.05) is 25.3 Å². The number of pyridine rings is 1. The van der Waals surface area contributed by atoms with E-state index in [4.69, 9.17) is 0 Å². The molecule has 0 radical (unpaired) electrons. The molecule has 116 valence electrons. The molecule has 1 aromatic rings. The van der Waals surface area contributed by atoms with Crippen LogP contribution in [0.25, 0.3) is 0 Å². The molecule has 1 aromatic heterocycles. The van der Waals surface area contributed by atoms with Crippen LogP contribution in [0.4, 0.5) is 5.69 Å². The van der Waals surface area contributed by atoms with Crippen molar-refractivity contribution < 1.29 is 4.79 Å². The highest BCUT2D eigenvalue weighted by Gasteiger charge is 2.21. The fourth-order valence-corrected chi connectivity index (χ4v) is 2.86. The molecule has 1 saturated heterocycles. The lowest BCUT2D eigenvalue weighted by Crippen LogP contribution is -2.39. The maximum absolute atomic E-state index is 12.0. The summed E-state index contributed by atoms with van der Waals surface area (Å²) in [4.78, 5) is 18.8. The Balaban J connectivity index is 2.05. The van der Waals surface area contributed by atoms with E-state index in [1.165, 1.54) is 19.3 Å². The van der Waals surface area contributed by atoms with Gasteiger partial charge in [0.05, 0.1) is 11.9 Å².